The average molecular weight is 283 g/mol. The van der Waals surface area contributed by atoms with Gasteiger partial charge in [-0.1, -0.05) is 12.1 Å². The molecule has 0 aliphatic carbocycles. The Hall–Kier alpha value is -1.12. The number of hydrogen-bond donors (Lipinski definition) is 2. The van der Waals surface area contributed by atoms with Crippen LogP contribution in [0.1, 0.15) is 11.5 Å². The lowest BCUT2D eigenvalue weighted by molar-refractivity contribution is -0.0436. The van der Waals surface area contributed by atoms with Crippen molar-refractivity contribution in [3.8, 4) is 0 Å². The Bertz CT molecular complexity index is 492. The van der Waals surface area contributed by atoms with Gasteiger partial charge in [0.25, 0.3) is 9.84 Å². The Morgan fingerprint density at radius 2 is 1.72 bits per heavy atom. The van der Waals surface area contributed by atoms with Crippen LogP contribution in [-0.4, -0.2) is 32.2 Å². The van der Waals surface area contributed by atoms with Gasteiger partial charge in [-0.2, -0.15) is 13.2 Å². The lowest BCUT2D eigenvalue weighted by Gasteiger charge is -2.13. The normalized spacial score (nSPS) is 14.5. The van der Waals surface area contributed by atoms with Gasteiger partial charge in [0, 0.05) is 12.5 Å². The predicted octanol–water partition coefficient (Wildman–Crippen LogP) is 1.01. The Labute approximate surface area is 102 Å². The van der Waals surface area contributed by atoms with E-state index in [2.05, 4.69) is 0 Å². The molecule has 4 nitrogen and oxygen atoms in total. The predicted molar refractivity (Wildman–Crippen MR) is 58.6 cm³/mol. The van der Waals surface area contributed by atoms with Crippen LogP contribution in [0.2, 0.25) is 0 Å². The van der Waals surface area contributed by atoms with Gasteiger partial charge in [-0.25, -0.2) is 8.42 Å². The summed E-state index contributed by atoms with van der Waals surface area (Å²) in [5.41, 5.74) is 0.517. The van der Waals surface area contributed by atoms with Crippen molar-refractivity contribution in [2.75, 3.05) is 13.2 Å². The molecule has 0 bridgehead atoms. The number of aliphatic hydroxyl groups excluding tert-OH is 1. The topological polar surface area (TPSA) is 80.4 Å². The lowest BCUT2D eigenvalue weighted by Crippen LogP contribution is -2.23. The zero-order valence-electron chi connectivity index (χ0n) is 9.18. The fraction of sp³-hybridized carbons (Fsp3) is 0.400. The van der Waals surface area contributed by atoms with Gasteiger partial charge in [-0.3, -0.25) is 0 Å². The highest BCUT2D eigenvalue weighted by atomic mass is 32.2. The van der Waals surface area contributed by atoms with E-state index in [9.17, 15) is 21.6 Å². The Morgan fingerprint density at radius 1 is 1.22 bits per heavy atom. The second kappa shape index (κ2) is 5.25. The second-order valence-corrected chi connectivity index (χ2v) is 5.57. The van der Waals surface area contributed by atoms with Crippen molar-refractivity contribution in [2.45, 2.75) is 16.3 Å². The zero-order chi connectivity index (χ0) is 14.0. The summed E-state index contributed by atoms with van der Waals surface area (Å²) in [4.78, 5) is -0.826. The molecule has 8 heteroatoms. The summed E-state index contributed by atoms with van der Waals surface area (Å²) in [6.45, 7) is -0.149. The molecule has 0 fully saturated rings. The second-order valence-electron chi connectivity index (χ2n) is 3.63. The standard InChI is InChI=1S/C10H12F3NO3S/c11-10(12,13)18(16,17)9-3-1-7(2-4-9)8(5-14)6-15/h1-4,8,15H,5-6,14H2. The number of benzene rings is 1. The first kappa shape index (κ1) is 14.9. The number of aliphatic hydroxyl groups is 1. The van der Waals surface area contributed by atoms with Gasteiger partial charge in [-0.15, -0.1) is 0 Å². The third kappa shape index (κ3) is 2.82. The SMILES string of the molecule is NCC(CO)c1ccc(S(=O)(=O)C(F)(F)F)cc1. The number of sulfone groups is 1. The molecule has 0 spiro atoms. The van der Waals surface area contributed by atoms with E-state index in [1.807, 2.05) is 0 Å². The highest BCUT2D eigenvalue weighted by Gasteiger charge is 2.46. The van der Waals surface area contributed by atoms with Crippen LogP contribution in [-0.2, 0) is 9.84 Å². The molecule has 3 N–H and O–H groups in total. The maximum Gasteiger partial charge on any atom is 0.501 e. The molecule has 1 atom stereocenters. The van der Waals surface area contributed by atoms with Gasteiger partial charge in [-0.05, 0) is 17.7 Å². The van der Waals surface area contributed by atoms with Crippen LogP contribution in [0.4, 0.5) is 13.2 Å². The Balaban J connectivity index is 3.11. The van der Waals surface area contributed by atoms with E-state index < -0.39 is 26.2 Å². The summed E-state index contributed by atoms with van der Waals surface area (Å²) in [6.07, 6.45) is 0. The number of hydrogen-bond acceptors (Lipinski definition) is 4. The van der Waals surface area contributed by atoms with Crippen molar-refractivity contribution in [1.82, 2.24) is 0 Å². The molecular weight excluding hydrogens is 271 g/mol. The minimum absolute atomic E-state index is 0.113. The molecule has 0 aliphatic heterocycles. The molecule has 1 unspecified atom stereocenters. The van der Waals surface area contributed by atoms with Crippen molar-refractivity contribution < 1.29 is 26.7 Å². The van der Waals surface area contributed by atoms with Crippen molar-refractivity contribution in [3.63, 3.8) is 0 Å². The first-order chi connectivity index (χ1) is 8.24. The molecule has 1 aromatic carbocycles. The molecule has 0 radical (unpaired) electrons. The summed E-state index contributed by atoms with van der Waals surface area (Å²) in [6, 6.07) is 4.14. The first-order valence-electron chi connectivity index (χ1n) is 4.96. The molecule has 0 amide bonds. The van der Waals surface area contributed by atoms with E-state index in [0.29, 0.717) is 5.56 Å². The van der Waals surface area contributed by atoms with Gasteiger partial charge >= 0.3 is 5.51 Å². The molecule has 18 heavy (non-hydrogen) atoms. The lowest BCUT2D eigenvalue weighted by atomic mass is 10.0. The monoisotopic (exact) mass is 283 g/mol. The zero-order valence-corrected chi connectivity index (χ0v) is 10.0. The van der Waals surface area contributed by atoms with Gasteiger partial charge < -0.3 is 10.8 Å². The summed E-state index contributed by atoms with van der Waals surface area (Å²) in [7, 11) is -5.33. The molecule has 0 heterocycles. The summed E-state index contributed by atoms with van der Waals surface area (Å²) in [5.74, 6) is -0.423. The maximum atomic E-state index is 12.3. The van der Waals surface area contributed by atoms with Crippen LogP contribution in [0.25, 0.3) is 0 Å². The first-order valence-corrected chi connectivity index (χ1v) is 6.44. The molecule has 0 aliphatic rings. The molecule has 102 valence electrons. The van der Waals surface area contributed by atoms with Crippen molar-refractivity contribution >= 4 is 9.84 Å². The van der Waals surface area contributed by atoms with E-state index in [1.54, 1.807) is 0 Å². The fourth-order valence-electron chi connectivity index (χ4n) is 1.37. The quantitative estimate of drug-likeness (QED) is 0.864. The van der Waals surface area contributed by atoms with Crippen LogP contribution in [0.15, 0.2) is 29.2 Å². The highest BCUT2D eigenvalue weighted by Crippen LogP contribution is 2.30. The largest absolute Gasteiger partial charge is 0.501 e. The summed E-state index contributed by atoms with van der Waals surface area (Å²) in [5, 5.41) is 8.96. The van der Waals surface area contributed by atoms with Crippen molar-refractivity contribution in [3.05, 3.63) is 29.8 Å². The third-order valence-corrected chi connectivity index (χ3v) is 3.97. The maximum absolute atomic E-state index is 12.3. The van der Waals surface area contributed by atoms with Crippen LogP contribution in [0.5, 0.6) is 0 Å². The molecule has 1 rings (SSSR count). The Kier molecular flexibility index (Phi) is 4.36. The Morgan fingerprint density at radius 3 is 2.06 bits per heavy atom. The number of nitrogens with two attached hydrogens (primary N) is 1. The molecule has 0 saturated heterocycles. The van der Waals surface area contributed by atoms with E-state index >= 15 is 0 Å². The summed E-state index contributed by atoms with van der Waals surface area (Å²) < 4.78 is 58.9. The minimum Gasteiger partial charge on any atom is -0.396 e. The van der Waals surface area contributed by atoms with Gasteiger partial charge in [0.05, 0.1) is 11.5 Å². The molecule has 1 aromatic rings. The number of alkyl halides is 3. The van der Waals surface area contributed by atoms with E-state index in [4.69, 9.17) is 10.8 Å². The number of halogens is 3. The van der Waals surface area contributed by atoms with E-state index in [-0.39, 0.29) is 13.2 Å². The smallest absolute Gasteiger partial charge is 0.396 e. The average Bonchev–Trinajstić information content (AvgIpc) is 2.30. The van der Waals surface area contributed by atoms with Gasteiger partial charge in [0.1, 0.15) is 0 Å². The van der Waals surface area contributed by atoms with Crippen LogP contribution in [0.3, 0.4) is 0 Å². The molecule has 0 saturated carbocycles. The highest BCUT2D eigenvalue weighted by molar-refractivity contribution is 7.92. The fourth-order valence-corrected chi connectivity index (χ4v) is 2.13. The number of rotatable bonds is 4. The van der Waals surface area contributed by atoms with Crippen molar-refractivity contribution in [1.29, 1.82) is 0 Å². The molecular formula is C10H12F3NO3S. The minimum atomic E-state index is -5.33. The summed E-state index contributed by atoms with van der Waals surface area (Å²) >= 11 is 0. The van der Waals surface area contributed by atoms with Crippen LogP contribution < -0.4 is 5.73 Å². The van der Waals surface area contributed by atoms with Gasteiger partial charge in [0.2, 0.25) is 0 Å². The van der Waals surface area contributed by atoms with Crippen molar-refractivity contribution in [2.24, 2.45) is 5.73 Å². The van der Waals surface area contributed by atoms with Crippen LogP contribution in [0, 0.1) is 0 Å². The van der Waals surface area contributed by atoms with Crippen LogP contribution >= 0.6 is 0 Å². The third-order valence-electron chi connectivity index (χ3n) is 2.47. The van der Waals surface area contributed by atoms with E-state index in [1.165, 1.54) is 12.1 Å². The molecule has 0 aromatic heterocycles. The van der Waals surface area contributed by atoms with Gasteiger partial charge in [0.15, 0.2) is 0 Å². The van der Waals surface area contributed by atoms with E-state index in [0.717, 1.165) is 12.1 Å².